The van der Waals surface area contributed by atoms with Crippen LogP contribution in [0.4, 0.5) is 10.6 Å². The Labute approximate surface area is 294 Å². The van der Waals surface area contributed by atoms with Crippen molar-refractivity contribution in [2.24, 2.45) is 0 Å². The summed E-state index contributed by atoms with van der Waals surface area (Å²) in [5.41, 5.74) is 2.43. The first-order valence-corrected chi connectivity index (χ1v) is 16.1. The minimum Gasteiger partial charge on any atom is -0.487 e. The van der Waals surface area contributed by atoms with E-state index in [0.29, 0.717) is 65.4 Å². The van der Waals surface area contributed by atoms with Crippen LogP contribution in [0.15, 0.2) is 79.1 Å². The molecule has 0 atom stereocenters. The molecule has 5 N–H and O–H groups in total. The summed E-state index contributed by atoms with van der Waals surface area (Å²) in [6.07, 6.45) is 6.43. The van der Waals surface area contributed by atoms with E-state index in [1.54, 1.807) is 50.8 Å². The van der Waals surface area contributed by atoms with Gasteiger partial charge in [0.15, 0.2) is 11.5 Å². The van der Waals surface area contributed by atoms with Crippen LogP contribution in [-0.2, 0) is 14.3 Å². The van der Waals surface area contributed by atoms with Crippen LogP contribution >= 0.6 is 0 Å². The first-order valence-electron chi connectivity index (χ1n) is 16.1. The van der Waals surface area contributed by atoms with E-state index < -0.39 is 11.9 Å². The molecule has 51 heavy (non-hydrogen) atoms. The highest BCUT2D eigenvalue weighted by atomic mass is 16.5. The van der Waals surface area contributed by atoms with E-state index in [-0.39, 0.29) is 18.5 Å². The van der Waals surface area contributed by atoms with Crippen LogP contribution in [0.2, 0.25) is 0 Å². The van der Waals surface area contributed by atoms with Gasteiger partial charge < -0.3 is 45.1 Å². The normalized spacial score (nSPS) is 13.3. The van der Waals surface area contributed by atoms with Gasteiger partial charge >= 0.3 is 18.0 Å². The molecule has 1 aliphatic rings. The Hall–Kier alpha value is -5.77. The molecule has 5 rings (SSSR count). The van der Waals surface area contributed by atoms with Gasteiger partial charge in [-0.1, -0.05) is 12.1 Å². The number of hydrogen-bond donors (Lipinski definition) is 5. The number of aromatic nitrogens is 2. The summed E-state index contributed by atoms with van der Waals surface area (Å²) >= 11 is 0. The largest absolute Gasteiger partial charge is 0.487 e. The number of carboxylic acid groups (broad SMARTS) is 2. The molecule has 0 spiro atoms. The highest BCUT2D eigenvalue weighted by molar-refractivity contribution is 6.03. The number of hydrogen-bond acceptors (Lipinski definition) is 10. The fourth-order valence-corrected chi connectivity index (χ4v) is 5.41. The number of carbonyl (C=O) groups excluding carboxylic acids is 2. The van der Waals surface area contributed by atoms with Crippen molar-refractivity contribution in [1.82, 2.24) is 19.8 Å². The van der Waals surface area contributed by atoms with Gasteiger partial charge in [-0.25, -0.2) is 19.4 Å². The Morgan fingerprint density at radius 2 is 1.65 bits per heavy atom. The number of nitrogens with one attached hydrogen (secondary N) is 2. The van der Waals surface area contributed by atoms with Gasteiger partial charge in [0.2, 0.25) is 0 Å². The first-order chi connectivity index (χ1) is 24.6. The topological polar surface area (TPSA) is 202 Å². The number of piperidine rings is 1. The number of carboxylic acids is 2. The Morgan fingerprint density at radius 3 is 2.27 bits per heavy atom. The third-order valence-corrected chi connectivity index (χ3v) is 7.95. The maximum Gasteiger partial charge on any atom is 0.328 e. The SMILES string of the molecule is CNC(=O)n1ccc2cc(Oc3ccnc(NC(=O)c4ccc(C5CCN(CCO)CC5)cc4)c3)c(OCCOC)cc21.O=C(O)/C=C/C(=O)O. The van der Waals surface area contributed by atoms with Crippen LogP contribution in [0.1, 0.15) is 34.7 Å². The van der Waals surface area contributed by atoms with Crippen molar-refractivity contribution in [2.75, 3.05) is 58.9 Å². The summed E-state index contributed by atoms with van der Waals surface area (Å²) < 4.78 is 18.7. The number of aliphatic hydroxyl groups is 1. The van der Waals surface area contributed by atoms with E-state index in [1.807, 2.05) is 30.3 Å². The van der Waals surface area contributed by atoms with Crippen LogP contribution in [0, 0.1) is 0 Å². The van der Waals surface area contributed by atoms with Crippen molar-refractivity contribution in [3.63, 3.8) is 0 Å². The van der Waals surface area contributed by atoms with E-state index in [0.717, 1.165) is 37.9 Å². The van der Waals surface area contributed by atoms with Gasteiger partial charge in [0.25, 0.3) is 5.91 Å². The number of methoxy groups -OCH3 is 1. The Morgan fingerprint density at radius 1 is 0.941 bits per heavy atom. The molecular formula is C36H41N5O10. The number of amides is 2. The highest BCUT2D eigenvalue weighted by Crippen LogP contribution is 2.37. The molecule has 15 heteroatoms. The number of pyridine rings is 1. The number of fused-ring (bicyclic) bond motifs is 1. The van der Waals surface area contributed by atoms with E-state index in [9.17, 15) is 19.2 Å². The molecule has 15 nitrogen and oxygen atoms in total. The maximum atomic E-state index is 13.0. The molecule has 0 aliphatic carbocycles. The number of anilines is 1. The third kappa shape index (κ3) is 11.1. The first kappa shape index (κ1) is 38.0. The molecule has 2 amide bonds. The summed E-state index contributed by atoms with van der Waals surface area (Å²) in [5.74, 6) is -0.650. The average molecular weight is 704 g/mol. The summed E-state index contributed by atoms with van der Waals surface area (Å²) in [7, 11) is 3.16. The number of ether oxygens (including phenoxy) is 3. The molecule has 1 fully saturated rings. The van der Waals surface area contributed by atoms with Crippen molar-refractivity contribution >= 4 is 40.6 Å². The summed E-state index contributed by atoms with van der Waals surface area (Å²) in [4.78, 5) is 51.0. The standard InChI is InChI=1S/C32H37N5O6.C4H4O4/c1-33-32(40)37-14-10-25-19-29(28(21-27(25)37)42-18-17-41-2)43-26-7-11-34-30(20-26)35-31(39)24-5-3-22(4-6-24)23-8-12-36(13-9-23)15-16-38;5-3(6)1-2-4(7)8/h3-7,10-11,14,19-21,23,38H,8-9,12-13,15-18H2,1-2H3,(H,33,40)(H,34,35,39);1-2H,(H,5,6)(H,7,8)/b;2-1+. The molecule has 270 valence electrons. The van der Waals surface area contributed by atoms with E-state index in [4.69, 9.17) is 29.5 Å². The molecule has 2 aromatic carbocycles. The molecule has 0 radical (unpaired) electrons. The average Bonchev–Trinajstić information content (AvgIpc) is 3.54. The second-order valence-corrected chi connectivity index (χ2v) is 11.3. The molecule has 0 unspecified atom stereocenters. The number of likely N-dealkylation sites (tertiary alicyclic amines) is 1. The van der Waals surface area contributed by atoms with E-state index in [2.05, 4.69) is 20.5 Å². The summed E-state index contributed by atoms with van der Waals surface area (Å²) in [6, 6.07) is 16.2. The van der Waals surface area contributed by atoms with Crippen LogP contribution in [-0.4, -0.2) is 107 Å². The fraction of sp³-hybridized carbons (Fsp3) is 0.306. The van der Waals surface area contributed by atoms with Gasteiger partial charge in [0.1, 0.15) is 18.2 Å². The number of rotatable bonds is 13. The van der Waals surface area contributed by atoms with Gasteiger partial charge in [-0.3, -0.25) is 9.36 Å². The van der Waals surface area contributed by atoms with Crippen molar-refractivity contribution < 1.29 is 48.7 Å². The van der Waals surface area contributed by atoms with Crippen LogP contribution in [0.5, 0.6) is 17.2 Å². The zero-order valence-electron chi connectivity index (χ0n) is 28.3. The fourth-order valence-electron chi connectivity index (χ4n) is 5.41. The van der Waals surface area contributed by atoms with Crippen LogP contribution < -0.4 is 20.1 Å². The number of aliphatic carboxylic acids is 2. The molecule has 1 saturated heterocycles. The van der Waals surface area contributed by atoms with E-state index in [1.165, 1.54) is 10.1 Å². The maximum absolute atomic E-state index is 13.0. The minimum absolute atomic E-state index is 0.188. The van der Waals surface area contributed by atoms with Crippen LogP contribution in [0.3, 0.4) is 0 Å². The lowest BCUT2D eigenvalue weighted by Crippen LogP contribution is -2.34. The van der Waals surface area contributed by atoms with Gasteiger partial charge in [-0.15, -0.1) is 0 Å². The van der Waals surface area contributed by atoms with Gasteiger partial charge in [-0.2, -0.15) is 0 Å². The predicted octanol–water partition coefficient (Wildman–Crippen LogP) is 4.18. The molecule has 0 bridgehead atoms. The lowest BCUT2D eigenvalue weighted by molar-refractivity contribution is -0.134. The number of β-amino-alcohol motifs (C(OH)–C–C–N with tert-alkyl or cyclic N) is 1. The van der Waals surface area contributed by atoms with Crippen molar-refractivity contribution in [2.45, 2.75) is 18.8 Å². The minimum atomic E-state index is -1.26. The highest BCUT2D eigenvalue weighted by Gasteiger charge is 2.21. The lowest BCUT2D eigenvalue weighted by Gasteiger charge is -2.31. The Balaban J connectivity index is 0.000000652. The third-order valence-electron chi connectivity index (χ3n) is 7.95. The number of nitrogens with zero attached hydrogens (tertiary/aromatic N) is 3. The zero-order valence-corrected chi connectivity index (χ0v) is 28.3. The van der Waals surface area contributed by atoms with Gasteiger partial charge in [0.05, 0.1) is 18.7 Å². The molecular weight excluding hydrogens is 662 g/mol. The summed E-state index contributed by atoms with van der Waals surface area (Å²) in [5, 5.41) is 31.1. The molecule has 1 aliphatic heterocycles. The second kappa shape index (κ2) is 18.8. The Kier molecular flexibility index (Phi) is 14.1. The monoisotopic (exact) mass is 703 g/mol. The van der Waals surface area contributed by atoms with Gasteiger partial charge in [-0.05, 0) is 67.7 Å². The van der Waals surface area contributed by atoms with Gasteiger partial charge in [0, 0.05) is 68.3 Å². The Bertz CT molecular complexity index is 1820. The van der Waals surface area contributed by atoms with E-state index >= 15 is 0 Å². The zero-order chi connectivity index (χ0) is 36.8. The van der Waals surface area contributed by atoms with Crippen molar-refractivity contribution in [1.29, 1.82) is 0 Å². The summed E-state index contributed by atoms with van der Waals surface area (Å²) in [6.45, 7) is 3.51. The van der Waals surface area contributed by atoms with Crippen LogP contribution in [0.25, 0.3) is 10.9 Å². The lowest BCUT2D eigenvalue weighted by atomic mass is 9.89. The number of carbonyl (C=O) groups is 4. The second-order valence-electron chi connectivity index (χ2n) is 11.3. The molecule has 0 saturated carbocycles. The smallest absolute Gasteiger partial charge is 0.328 e. The number of benzene rings is 2. The van der Waals surface area contributed by atoms with Crippen molar-refractivity contribution in [3.8, 4) is 17.2 Å². The quantitative estimate of drug-likeness (QED) is 0.0984. The molecule has 3 heterocycles. The number of aliphatic hydroxyl groups excluding tert-OH is 1. The molecule has 4 aromatic rings. The van der Waals surface area contributed by atoms with Crippen molar-refractivity contribution in [3.05, 3.63) is 90.3 Å². The molecule has 2 aromatic heterocycles. The predicted molar refractivity (Wildman–Crippen MR) is 188 cm³/mol.